The van der Waals surface area contributed by atoms with Crippen molar-refractivity contribution in [1.29, 1.82) is 0 Å². The van der Waals surface area contributed by atoms with Gasteiger partial charge in [-0.1, -0.05) is 48.5 Å². The topological polar surface area (TPSA) is 59.6 Å². The summed E-state index contributed by atoms with van der Waals surface area (Å²) < 4.78 is 10.7. The molecule has 156 valence electrons. The normalized spacial score (nSPS) is 11.6. The molecule has 1 amide bonds. The highest BCUT2D eigenvalue weighted by molar-refractivity contribution is 5.96. The highest BCUT2D eigenvalue weighted by atomic mass is 16.5. The zero-order chi connectivity index (χ0) is 21.5. The lowest BCUT2D eigenvalue weighted by molar-refractivity contribution is -0.118. The molecule has 0 fully saturated rings. The van der Waals surface area contributed by atoms with Crippen LogP contribution in [0.25, 0.3) is 0 Å². The molecule has 1 unspecified atom stereocenters. The average Bonchev–Trinajstić information content (AvgIpc) is 2.77. The van der Waals surface area contributed by atoms with Gasteiger partial charge in [0.25, 0.3) is 0 Å². The van der Waals surface area contributed by atoms with E-state index in [-0.39, 0.29) is 5.91 Å². The molecule has 1 atom stereocenters. The second-order valence-electron chi connectivity index (χ2n) is 7.22. The summed E-state index contributed by atoms with van der Waals surface area (Å²) in [4.78, 5) is 13.2. The Morgan fingerprint density at radius 1 is 0.900 bits per heavy atom. The van der Waals surface area contributed by atoms with Gasteiger partial charge in [-0.2, -0.15) is 0 Å². The van der Waals surface area contributed by atoms with Crippen molar-refractivity contribution in [3.8, 4) is 11.5 Å². The van der Waals surface area contributed by atoms with Gasteiger partial charge in [-0.05, 0) is 54.3 Å². The highest BCUT2D eigenvalue weighted by Crippen LogP contribution is 2.28. The van der Waals surface area contributed by atoms with Crippen LogP contribution in [0, 0.1) is 13.8 Å². The molecular weight excluding hydrogens is 376 g/mol. The Kier molecular flexibility index (Phi) is 7.09. The average molecular weight is 405 g/mol. The lowest BCUT2D eigenvalue weighted by atomic mass is 10.0. The summed E-state index contributed by atoms with van der Waals surface area (Å²) in [6, 6.07) is 21.0. The number of methoxy groups -OCH3 is 2. The number of amides is 1. The molecule has 0 heterocycles. The van der Waals surface area contributed by atoms with Gasteiger partial charge in [-0.15, -0.1) is 0 Å². The van der Waals surface area contributed by atoms with Crippen molar-refractivity contribution < 1.29 is 14.3 Å². The summed E-state index contributed by atoms with van der Waals surface area (Å²) in [6.45, 7) is 4.50. The van der Waals surface area contributed by atoms with E-state index in [2.05, 4.69) is 10.6 Å². The fourth-order valence-corrected chi connectivity index (χ4v) is 3.29. The largest absolute Gasteiger partial charge is 0.493 e. The summed E-state index contributed by atoms with van der Waals surface area (Å²) in [6.07, 6.45) is 0. The third-order valence-corrected chi connectivity index (χ3v) is 5.00. The van der Waals surface area contributed by atoms with Crippen LogP contribution in [-0.4, -0.2) is 20.1 Å². The van der Waals surface area contributed by atoms with Gasteiger partial charge in [0.15, 0.2) is 11.5 Å². The van der Waals surface area contributed by atoms with Gasteiger partial charge in [-0.3, -0.25) is 10.1 Å². The maximum Gasteiger partial charge on any atom is 0.246 e. The molecule has 0 bridgehead atoms. The third-order valence-electron chi connectivity index (χ3n) is 5.00. The maximum atomic E-state index is 13.2. The van der Waals surface area contributed by atoms with Gasteiger partial charge in [-0.25, -0.2) is 0 Å². The number of carbonyl (C=O) groups is 1. The van der Waals surface area contributed by atoms with Crippen LogP contribution in [0.1, 0.15) is 28.3 Å². The first-order chi connectivity index (χ1) is 14.5. The quantitative estimate of drug-likeness (QED) is 0.567. The first-order valence-electron chi connectivity index (χ1n) is 9.89. The van der Waals surface area contributed by atoms with Gasteiger partial charge >= 0.3 is 0 Å². The van der Waals surface area contributed by atoms with Gasteiger partial charge in [0.2, 0.25) is 5.91 Å². The van der Waals surface area contributed by atoms with E-state index in [0.717, 1.165) is 27.9 Å². The van der Waals surface area contributed by atoms with E-state index in [1.54, 1.807) is 14.2 Å². The van der Waals surface area contributed by atoms with E-state index in [0.29, 0.717) is 18.0 Å². The number of hydrogen-bond donors (Lipinski definition) is 2. The number of ether oxygens (including phenoxy) is 2. The summed E-state index contributed by atoms with van der Waals surface area (Å²) in [5.41, 5.74) is 4.86. The first kappa shape index (κ1) is 21.4. The minimum Gasteiger partial charge on any atom is -0.493 e. The number of carbonyl (C=O) groups excluding carboxylic acids is 1. The van der Waals surface area contributed by atoms with Crippen LogP contribution in [0.4, 0.5) is 5.69 Å². The highest BCUT2D eigenvalue weighted by Gasteiger charge is 2.21. The molecule has 5 heteroatoms. The van der Waals surface area contributed by atoms with Crippen LogP contribution in [0.15, 0.2) is 66.7 Å². The molecule has 0 aliphatic carbocycles. The molecule has 0 radical (unpaired) electrons. The molecular formula is C25H28N2O3. The van der Waals surface area contributed by atoms with E-state index in [1.807, 2.05) is 80.6 Å². The predicted octanol–water partition coefficient (Wildman–Crippen LogP) is 4.79. The molecule has 0 aliphatic rings. The minimum atomic E-state index is -0.501. The Morgan fingerprint density at radius 2 is 1.63 bits per heavy atom. The molecule has 3 aromatic rings. The predicted molar refractivity (Wildman–Crippen MR) is 120 cm³/mol. The van der Waals surface area contributed by atoms with Crippen LogP contribution in [0.5, 0.6) is 11.5 Å². The van der Waals surface area contributed by atoms with Crippen molar-refractivity contribution in [2.24, 2.45) is 0 Å². The first-order valence-corrected chi connectivity index (χ1v) is 9.89. The molecule has 0 spiro atoms. The van der Waals surface area contributed by atoms with Gasteiger partial charge in [0.1, 0.15) is 6.04 Å². The Hall–Kier alpha value is -3.31. The maximum absolute atomic E-state index is 13.2. The fourth-order valence-electron chi connectivity index (χ4n) is 3.29. The Labute approximate surface area is 178 Å². The van der Waals surface area contributed by atoms with Crippen LogP contribution >= 0.6 is 0 Å². The Balaban J connectivity index is 1.81. The number of hydrogen-bond acceptors (Lipinski definition) is 4. The number of anilines is 1. The molecule has 0 aliphatic heterocycles. The Bertz CT molecular complexity index is 1000. The lowest BCUT2D eigenvalue weighted by Crippen LogP contribution is -2.33. The molecule has 3 aromatic carbocycles. The van der Waals surface area contributed by atoms with E-state index < -0.39 is 6.04 Å². The standard InChI is InChI=1S/C25H28N2O3/c1-17-10-11-18(2)21(14-17)27-25(28)24(20-8-6-5-7-9-20)26-16-19-12-13-22(29-3)23(15-19)30-4/h5-15,24,26H,16H2,1-4H3,(H,27,28). The Morgan fingerprint density at radius 3 is 2.33 bits per heavy atom. The van der Waals surface area contributed by atoms with Crippen LogP contribution in [0.2, 0.25) is 0 Å². The third kappa shape index (κ3) is 5.19. The zero-order valence-electron chi connectivity index (χ0n) is 17.9. The number of rotatable bonds is 8. The van der Waals surface area contributed by atoms with Crippen molar-refractivity contribution in [3.05, 3.63) is 89.0 Å². The summed E-state index contributed by atoms with van der Waals surface area (Å²) in [7, 11) is 3.22. The monoisotopic (exact) mass is 404 g/mol. The van der Waals surface area contributed by atoms with Crippen molar-refractivity contribution >= 4 is 11.6 Å². The fraction of sp³-hybridized carbons (Fsp3) is 0.240. The van der Waals surface area contributed by atoms with Crippen LogP contribution < -0.4 is 20.1 Å². The number of nitrogens with one attached hydrogen (secondary N) is 2. The van der Waals surface area contributed by atoms with Crippen molar-refractivity contribution in [2.45, 2.75) is 26.4 Å². The van der Waals surface area contributed by atoms with Gasteiger partial charge < -0.3 is 14.8 Å². The lowest BCUT2D eigenvalue weighted by Gasteiger charge is -2.20. The molecule has 3 rings (SSSR count). The van der Waals surface area contributed by atoms with Gasteiger partial charge in [0.05, 0.1) is 14.2 Å². The summed E-state index contributed by atoms with van der Waals surface area (Å²) >= 11 is 0. The molecule has 0 aromatic heterocycles. The summed E-state index contributed by atoms with van der Waals surface area (Å²) in [5, 5.41) is 6.47. The van der Waals surface area contributed by atoms with Crippen molar-refractivity contribution in [3.63, 3.8) is 0 Å². The van der Waals surface area contributed by atoms with Crippen molar-refractivity contribution in [2.75, 3.05) is 19.5 Å². The van der Waals surface area contributed by atoms with E-state index in [9.17, 15) is 4.79 Å². The summed E-state index contributed by atoms with van der Waals surface area (Å²) in [5.74, 6) is 1.23. The molecule has 5 nitrogen and oxygen atoms in total. The van der Waals surface area contributed by atoms with Crippen LogP contribution in [-0.2, 0) is 11.3 Å². The van der Waals surface area contributed by atoms with E-state index >= 15 is 0 Å². The second-order valence-corrected chi connectivity index (χ2v) is 7.22. The molecule has 2 N–H and O–H groups in total. The number of benzene rings is 3. The molecule has 0 saturated heterocycles. The van der Waals surface area contributed by atoms with Crippen LogP contribution in [0.3, 0.4) is 0 Å². The van der Waals surface area contributed by atoms with E-state index in [1.165, 1.54) is 0 Å². The molecule has 0 saturated carbocycles. The smallest absolute Gasteiger partial charge is 0.246 e. The molecule has 30 heavy (non-hydrogen) atoms. The van der Waals surface area contributed by atoms with E-state index in [4.69, 9.17) is 9.47 Å². The van der Waals surface area contributed by atoms with Crippen molar-refractivity contribution in [1.82, 2.24) is 5.32 Å². The SMILES string of the molecule is COc1ccc(CNC(C(=O)Nc2cc(C)ccc2C)c2ccccc2)cc1OC. The van der Waals surface area contributed by atoms with Gasteiger partial charge in [0, 0.05) is 12.2 Å². The minimum absolute atomic E-state index is 0.102. The zero-order valence-corrected chi connectivity index (χ0v) is 17.9. The second kappa shape index (κ2) is 9.94. The number of aryl methyl sites for hydroxylation is 2.